The normalized spacial score (nSPS) is 28.1. The summed E-state index contributed by atoms with van der Waals surface area (Å²) in [7, 11) is 0. The van der Waals surface area contributed by atoms with Gasteiger partial charge in [0.15, 0.2) is 5.13 Å². The Labute approximate surface area is 138 Å². The second-order valence-corrected chi connectivity index (χ2v) is 9.40. The number of carbonyl (C=O) groups is 2. The van der Waals surface area contributed by atoms with Gasteiger partial charge in [0.2, 0.25) is 11.8 Å². The first-order valence-corrected chi connectivity index (χ1v) is 9.30. The van der Waals surface area contributed by atoms with Crippen molar-refractivity contribution < 1.29 is 9.59 Å². The van der Waals surface area contributed by atoms with E-state index in [2.05, 4.69) is 38.0 Å². The topological polar surface area (TPSA) is 62.3 Å². The van der Waals surface area contributed by atoms with Gasteiger partial charge in [-0.15, -0.1) is 23.1 Å². The third-order valence-corrected chi connectivity index (χ3v) is 6.51. The Hall–Kier alpha value is -1.08. The van der Waals surface area contributed by atoms with Crippen LogP contribution in [0.5, 0.6) is 0 Å². The number of carbonyl (C=O) groups excluding carboxylic acids is 2. The fourth-order valence-corrected chi connectivity index (χ4v) is 5.25. The number of fused-ring (bicyclic) bond motifs is 1. The summed E-state index contributed by atoms with van der Waals surface area (Å²) in [5, 5.41) is 5.48. The number of nitrogens with zero attached hydrogens (tertiary/aromatic N) is 2. The van der Waals surface area contributed by atoms with E-state index in [0.717, 1.165) is 12.1 Å². The van der Waals surface area contributed by atoms with Crippen LogP contribution in [0.4, 0.5) is 5.13 Å². The summed E-state index contributed by atoms with van der Waals surface area (Å²) in [6.45, 7) is 8.33. The van der Waals surface area contributed by atoms with Gasteiger partial charge in [0.1, 0.15) is 6.04 Å². The molecule has 3 heterocycles. The van der Waals surface area contributed by atoms with Crippen molar-refractivity contribution in [3.8, 4) is 0 Å². The van der Waals surface area contributed by atoms with E-state index in [4.69, 9.17) is 0 Å². The zero-order chi connectivity index (χ0) is 16.1. The van der Waals surface area contributed by atoms with E-state index in [-0.39, 0.29) is 28.1 Å². The molecule has 2 atom stereocenters. The Balaban J connectivity index is 1.73. The zero-order valence-electron chi connectivity index (χ0n) is 13.3. The molecule has 1 N–H and O–H groups in total. The van der Waals surface area contributed by atoms with Crippen LogP contribution in [0, 0.1) is 0 Å². The first-order valence-electron chi connectivity index (χ1n) is 7.44. The van der Waals surface area contributed by atoms with Crippen molar-refractivity contribution in [2.45, 2.75) is 56.9 Å². The van der Waals surface area contributed by atoms with Crippen LogP contribution in [-0.2, 0) is 15.0 Å². The molecule has 0 saturated carbocycles. The number of nitrogens with one attached hydrogen (secondary N) is 1. The summed E-state index contributed by atoms with van der Waals surface area (Å²) in [6, 6.07) is -0.382. The fraction of sp³-hybridized carbons (Fsp3) is 0.667. The molecule has 2 saturated heterocycles. The van der Waals surface area contributed by atoms with Gasteiger partial charge in [-0.2, -0.15) is 0 Å². The van der Waals surface area contributed by atoms with Crippen LogP contribution in [0.25, 0.3) is 0 Å². The highest BCUT2D eigenvalue weighted by Crippen LogP contribution is 2.47. The molecule has 7 heteroatoms. The zero-order valence-corrected chi connectivity index (χ0v) is 14.9. The summed E-state index contributed by atoms with van der Waals surface area (Å²) < 4.78 is 0. The quantitative estimate of drug-likeness (QED) is 0.900. The van der Waals surface area contributed by atoms with Crippen molar-refractivity contribution in [2.24, 2.45) is 0 Å². The van der Waals surface area contributed by atoms with Crippen LogP contribution in [0.2, 0.25) is 0 Å². The lowest BCUT2D eigenvalue weighted by molar-refractivity contribution is -0.135. The fourth-order valence-electron chi connectivity index (χ4n) is 2.88. The molecular formula is C15H21N3O2S2. The molecule has 2 aliphatic rings. The van der Waals surface area contributed by atoms with Gasteiger partial charge in [-0.25, -0.2) is 4.98 Å². The molecule has 0 unspecified atom stereocenters. The maximum Gasteiger partial charge on any atom is 0.249 e. The van der Waals surface area contributed by atoms with E-state index in [1.807, 2.05) is 5.38 Å². The van der Waals surface area contributed by atoms with Crippen molar-refractivity contribution >= 4 is 40.0 Å². The van der Waals surface area contributed by atoms with Crippen molar-refractivity contribution in [1.82, 2.24) is 9.88 Å². The predicted molar refractivity (Wildman–Crippen MR) is 90.2 cm³/mol. The number of hydrogen-bond donors (Lipinski definition) is 1. The number of amides is 2. The van der Waals surface area contributed by atoms with Gasteiger partial charge in [-0.1, -0.05) is 20.8 Å². The van der Waals surface area contributed by atoms with E-state index < -0.39 is 0 Å². The highest BCUT2D eigenvalue weighted by molar-refractivity contribution is 8.01. The van der Waals surface area contributed by atoms with Gasteiger partial charge < -0.3 is 10.2 Å². The lowest BCUT2D eigenvalue weighted by atomic mass is 9.93. The Morgan fingerprint density at radius 2 is 2.23 bits per heavy atom. The monoisotopic (exact) mass is 339 g/mol. The van der Waals surface area contributed by atoms with Crippen LogP contribution >= 0.6 is 23.1 Å². The van der Waals surface area contributed by atoms with Crippen LogP contribution in [0.3, 0.4) is 0 Å². The smallest absolute Gasteiger partial charge is 0.249 e. The number of rotatable bonds is 2. The van der Waals surface area contributed by atoms with Gasteiger partial charge >= 0.3 is 0 Å². The Morgan fingerprint density at radius 1 is 1.50 bits per heavy atom. The Bertz CT molecular complexity index is 623. The Morgan fingerprint density at radius 3 is 2.86 bits per heavy atom. The molecule has 0 radical (unpaired) electrons. The summed E-state index contributed by atoms with van der Waals surface area (Å²) in [5.41, 5.74) is 0.933. The molecule has 22 heavy (non-hydrogen) atoms. The molecule has 2 amide bonds. The number of thiazole rings is 1. The number of aromatic nitrogens is 1. The second-order valence-electron chi connectivity index (χ2n) is 7.04. The van der Waals surface area contributed by atoms with Gasteiger partial charge in [-0.05, 0) is 13.3 Å². The molecule has 0 bridgehead atoms. The van der Waals surface area contributed by atoms with Crippen LogP contribution < -0.4 is 5.32 Å². The van der Waals surface area contributed by atoms with Crippen LogP contribution in [-0.4, -0.2) is 38.4 Å². The lowest BCUT2D eigenvalue weighted by Gasteiger charge is -2.29. The molecule has 1 aromatic heterocycles. The van der Waals surface area contributed by atoms with Gasteiger partial charge in [-0.3, -0.25) is 9.59 Å². The minimum atomic E-state index is -0.382. The molecule has 0 aromatic carbocycles. The standard InChI is InChI=1S/C15H21N3O2S2/c1-14(2,3)10-8-21-13(16-10)17-12(20)9-7-22-15(4)6-5-11(19)18(9)15/h8-9H,5-7H2,1-4H3,(H,16,17,20)/t9-,15+/m0/s1. The Kier molecular flexibility index (Phi) is 3.76. The SMILES string of the molecule is CC(C)(C)c1csc(NC(=O)[C@@H]2CS[C@]3(C)CCC(=O)N23)n1. The van der Waals surface area contributed by atoms with Crippen molar-refractivity contribution in [2.75, 3.05) is 11.1 Å². The van der Waals surface area contributed by atoms with E-state index in [1.54, 1.807) is 16.7 Å². The maximum atomic E-state index is 12.6. The average Bonchev–Trinajstić information content (AvgIpc) is 3.06. The minimum Gasteiger partial charge on any atom is -0.315 e. The van der Waals surface area contributed by atoms with Crippen LogP contribution in [0.1, 0.15) is 46.2 Å². The molecule has 5 nitrogen and oxygen atoms in total. The average molecular weight is 339 g/mol. The first kappa shape index (κ1) is 15.8. The van der Waals surface area contributed by atoms with E-state index >= 15 is 0 Å². The molecule has 3 rings (SSSR count). The second kappa shape index (κ2) is 5.23. The third kappa shape index (κ3) is 2.65. The molecule has 1 aromatic rings. The van der Waals surface area contributed by atoms with Crippen molar-refractivity contribution in [3.63, 3.8) is 0 Å². The molecule has 120 valence electrons. The summed E-state index contributed by atoms with van der Waals surface area (Å²) in [4.78, 5) is 30.7. The van der Waals surface area contributed by atoms with Crippen molar-refractivity contribution in [3.05, 3.63) is 11.1 Å². The maximum absolute atomic E-state index is 12.6. The third-order valence-electron chi connectivity index (χ3n) is 4.25. The van der Waals surface area contributed by atoms with Gasteiger partial charge in [0.25, 0.3) is 0 Å². The van der Waals surface area contributed by atoms with Gasteiger partial charge in [0.05, 0.1) is 10.6 Å². The van der Waals surface area contributed by atoms with Gasteiger partial charge in [0, 0.05) is 23.0 Å². The number of thioether (sulfide) groups is 1. The lowest BCUT2D eigenvalue weighted by Crippen LogP contribution is -2.48. The summed E-state index contributed by atoms with van der Waals surface area (Å²) in [5.74, 6) is 0.620. The predicted octanol–water partition coefficient (Wildman–Crippen LogP) is 2.83. The number of hydrogen-bond acceptors (Lipinski definition) is 5. The molecular weight excluding hydrogens is 318 g/mol. The highest BCUT2D eigenvalue weighted by atomic mass is 32.2. The molecule has 0 aliphatic carbocycles. The van der Waals surface area contributed by atoms with E-state index in [9.17, 15) is 9.59 Å². The largest absolute Gasteiger partial charge is 0.315 e. The minimum absolute atomic E-state index is 0.0355. The molecule has 2 aliphatic heterocycles. The summed E-state index contributed by atoms with van der Waals surface area (Å²) in [6.07, 6.45) is 1.37. The van der Waals surface area contributed by atoms with E-state index in [0.29, 0.717) is 17.3 Å². The van der Waals surface area contributed by atoms with Crippen LogP contribution in [0.15, 0.2) is 5.38 Å². The highest BCUT2D eigenvalue weighted by Gasteiger charge is 2.52. The number of anilines is 1. The molecule has 0 spiro atoms. The summed E-state index contributed by atoms with van der Waals surface area (Å²) >= 11 is 3.14. The first-order chi connectivity index (χ1) is 10.2. The van der Waals surface area contributed by atoms with Crippen molar-refractivity contribution in [1.29, 1.82) is 0 Å². The molecule has 2 fully saturated rings. The van der Waals surface area contributed by atoms with E-state index in [1.165, 1.54) is 11.3 Å².